The Morgan fingerprint density at radius 2 is 1.97 bits per heavy atom. The van der Waals surface area contributed by atoms with Gasteiger partial charge in [-0.2, -0.15) is 0 Å². The third-order valence-electron chi connectivity index (χ3n) is 6.52. The maximum Gasteiger partial charge on any atom is 0.256 e. The summed E-state index contributed by atoms with van der Waals surface area (Å²) in [7, 11) is 0. The first-order chi connectivity index (χ1) is 16.4. The molecule has 4 aromatic rings. The monoisotopic (exact) mass is 530 g/mol. The molecule has 3 nitrogen and oxygen atoms in total. The molecule has 2 heterocycles. The fourth-order valence-electron chi connectivity index (χ4n) is 4.72. The summed E-state index contributed by atoms with van der Waals surface area (Å²) in [5, 5.41) is 2.55. The summed E-state index contributed by atoms with van der Waals surface area (Å²) in [6.07, 6.45) is 6.02. The minimum Gasteiger partial charge on any atom is -0.361 e. The second kappa shape index (κ2) is 9.94. The Hall–Kier alpha value is -1.98. The molecule has 1 unspecified atom stereocenters. The fourth-order valence-corrected chi connectivity index (χ4v) is 6.50. The highest BCUT2D eigenvalue weighted by Crippen LogP contribution is 2.33. The molecule has 34 heavy (non-hydrogen) atoms. The lowest BCUT2D eigenvalue weighted by molar-refractivity contribution is 0.0748. The minimum absolute atomic E-state index is 0.0326. The van der Waals surface area contributed by atoms with Gasteiger partial charge in [0.15, 0.2) is 0 Å². The molecule has 1 aliphatic rings. The van der Waals surface area contributed by atoms with Gasteiger partial charge in [-0.15, -0.1) is 11.3 Å². The van der Waals surface area contributed by atoms with Gasteiger partial charge in [0.25, 0.3) is 5.91 Å². The molecule has 176 valence electrons. The third-order valence-corrected chi connectivity index (χ3v) is 8.70. The highest BCUT2D eigenvalue weighted by molar-refractivity contribution is 7.12. The van der Waals surface area contributed by atoms with E-state index in [4.69, 9.17) is 34.8 Å². The molecule has 1 aliphatic carbocycles. The maximum atomic E-state index is 13.9. The Bertz CT molecular complexity index is 1360. The highest BCUT2D eigenvalue weighted by atomic mass is 35.5. The van der Waals surface area contributed by atoms with Gasteiger partial charge in [-0.25, -0.2) is 0 Å². The number of nitrogens with zero attached hydrogens (tertiary/aromatic N) is 1. The topological polar surface area (TPSA) is 36.1 Å². The Morgan fingerprint density at radius 3 is 2.79 bits per heavy atom. The molecule has 2 aromatic heterocycles. The van der Waals surface area contributed by atoms with Gasteiger partial charge in [0.05, 0.1) is 27.7 Å². The maximum absolute atomic E-state index is 13.9. The van der Waals surface area contributed by atoms with Crippen molar-refractivity contribution in [1.29, 1.82) is 0 Å². The number of halogens is 3. The largest absolute Gasteiger partial charge is 0.361 e. The van der Waals surface area contributed by atoms with E-state index in [-0.39, 0.29) is 5.91 Å². The van der Waals surface area contributed by atoms with Gasteiger partial charge in [-0.1, -0.05) is 47.8 Å². The smallest absolute Gasteiger partial charge is 0.256 e. The molecule has 1 amide bonds. The normalized spacial score (nSPS) is 15.5. The zero-order chi connectivity index (χ0) is 23.8. The van der Waals surface area contributed by atoms with E-state index in [0.717, 1.165) is 35.2 Å². The molecule has 2 aromatic carbocycles. The molecule has 0 fully saturated rings. The van der Waals surface area contributed by atoms with E-state index < -0.39 is 0 Å². The molecule has 1 atom stereocenters. The number of benzene rings is 2. The second-order valence-electron chi connectivity index (χ2n) is 9.13. The number of nitrogens with one attached hydrogen (secondary N) is 1. The summed E-state index contributed by atoms with van der Waals surface area (Å²) in [4.78, 5) is 21.7. The summed E-state index contributed by atoms with van der Waals surface area (Å²) in [5.41, 5.74) is 3.90. The van der Waals surface area contributed by atoms with Crippen LogP contribution in [0.25, 0.3) is 10.9 Å². The van der Waals surface area contributed by atoms with Crippen LogP contribution in [0.5, 0.6) is 0 Å². The van der Waals surface area contributed by atoms with Crippen LogP contribution in [0.3, 0.4) is 0 Å². The van der Waals surface area contributed by atoms with E-state index in [2.05, 4.69) is 18.0 Å². The number of aromatic nitrogens is 1. The molecule has 0 aliphatic heterocycles. The number of amides is 1. The van der Waals surface area contributed by atoms with Gasteiger partial charge in [-0.3, -0.25) is 4.79 Å². The van der Waals surface area contributed by atoms with Crippen LogP contribution >= 0.6 is 46.1 Å². The van der Waals surface area contributed by atoms with Gasteiger partial charge in [0, 0.05) is 32.9 Å². The molecule has 1 N–H and O–H groups in total. The number of hydrogen-bond donors (Lipinski definition) is 1. The SMILES string of the molecule is CC1CCc2sc(CN(CCc3ccc(Cl)c(Cl)c3)C(=O)c3cc(Cl)cc4cc[nH]c34)cc2C1. The second-order valence-corrected chi connectivity index (χ2v) is 11.6. The number of fused-ring (bicyclic) bond motifs is 2. The summed E-state index contributed by atoms with van der Waals surface area (Å²) in [5.74, 6) is 0.685. The quantitative estimate of drug-likeness (QED) is 0.267. The average Bonchev–Trinajstić information content (AvgIpc) is 3.43. The lowest BCUT2D eigenvalue weighted by atomic mass is 9.90. The van der Waals surface area contributed by atoms with E-state index >= 15 is 0 Å². The summed E-state index contributed by atoms with van der Waals surface area (Å²) >= 11 is 20.5. The van der Waals surface area contributed by atoms with Crippen molar-refractivity contribution in [2.24, 2.45) is 5.92 Å². The number of carbonyl (C=O) groups is 1. The summed E-state index contributed by atoms with van der Waals surface area (Å²) < 4.78 is 0. The number of carbonyl (C=O) groups excluding carboxylic acids is 1. The molecule has 0 bridgehead atoms. The molecule has 0 saturated carbocycles. The predicted molar refractivity (Wildman–Crippen MR) is 144 cm³/mol. The van der Waals surface area contributed by atoms with Crippen molar-refractivity contribution in [1.82, 2.24) is 9.88 Å². The van der Waals surface area contributed by atoms with Crippen LogP contribution in [0.15, 0.2) is 48.7 Å². The Morgan fingerprint density at radius 1 is 1.12 bits per heavy atom. The van der Waals surface area contributed by atoms with Crippen molar-refractivity contribution in [3.63, 3.8) is 0 Å². The highest BCUT2D eigenvalue weighted by Gasteiger charge is 2.23. The molecular formula is C27H25Cl3N2OS. The summed E-state index contributed by atoms with van der Waals surface area (Å²) in [6, 6.07) is 13.5. The van der Waals surface area contributed by atoms with Gasteiger partial charge in [0.1, 0.15) is 0 Å². The van der Waals surface area contributed by atoms with E-state index in [1.165, 1.54) is 21.7 Å². The number of hydrogen-bond acceptors (Lipinski definition) is 2. The number of rotatable bonds is 6. The average molecular weight is 532 g/mol. The van der Waals surface area contributed by atoms with Crippen LogP contribution in [0, 0.1) is 5.92 Å². The van der Waals surface area contributed by atoms with Crippen molar-refractivity contribution in [2.45, 2.75) is 39.2 Å². The van der Waals surface area contributed by atoms with Crippen LogP contribution in [0.1, 0.15) is 44.6 Å². The van der Waals surface area contributed by atoms with Gasteiger partial charge in [0.2, 0.25) is 0 Å². The van der Waals surface area contributed by atoms with Gasteiger partial charge < -0.3 is 9.88 Å². The number of aryl methyl sites for hydroxylation is 1. The van der Waals surface area contributed by atoms with Crippen molar-refractivity contribution >= 4 is 62.9 Å². The Kier molecular flexibility index (Phi) is 6.95. The summed E-state index contributed by atoms with van der Waals surface area (Å²) in [6.45, 7) is 3.44. The van der Waals surface area contributed by atoms with Crippen LogP contribution in [-0.2, 0) is 25.8 Å². The fraction of sp³-hybridized carbons (Fsp3) is 0.296. The molecule has 5 rings (SSSR count). The molecule has 0 spiro atoms. The predicted octanol–water partition coefficient (Wildman–Crippen LogP) is 8.20. The minimum atomic E-state index is -0.0326. The van der Waals surface area contributed by atoms with Crippen molar-refractivity contribution in [3.05, 3.63) is 90.2 Å². The van der Waals surface area contributed by atoms with E-state index in [1.807, 2.05) is 46.7 Å². The lowest BCUT2D eigenvalue weighted by Gasteiger charge is -2.23. The van der Waals surface area contributed by atoms with Crippen molar-refractivity contribution < 1.29 is 4.79 Å². The van der Waals surface area contributed by atoms with Crippen LogP contribution < -0.4 is 0 Å². The molecular weight excluding hydrogens is 507 g/mol. The number of H-pyrrole nitrogens is 1. The first-order valence-corrected chi connectivity index (χ1v) is 13.4. The zero-order valence-corrected chi connectivity index (χ0v) is 21.9. The van der Waals surface area contributed by atoms with Crippen LogP contribution in [0.2, 0.25) is 15.1 Å². The van der Waals surface area contributed by atoms with E-state index in [1.54, 1.807) is 12.1 Å². The van der Waals surface area contributed by atoms with Gasteiger partial charge in [-0.05, 0) is 79.1 Å². The molecule has 0 radical (unpaired) electrons. The lowest BCUT2D eigenvalue weighted by Crippen LogP contribution is -2.32. The third kappa shape index (κ3) is 5.01. The van der Waals surface area contributed by atoms with E-state index in [9.17, 15) is 4.79 Å². The van der Waals surface area contributed by atoms with Crippen molar-refractivity contribution in [3.8, 4) is 0 Å². The van der Waals surface area contributed by atoms with Crippen LogP contribution in [-0.4, -0.2) is 22.3 Å². The first kappa shape index (κ1) is 23.7. The van der Waals surface area contributed by atoms with Crippen LogP contribution in [0.4, 0.5) is 0 Å². The first-order valence-electron chi connectivity index (χ1n) is 11.5. The Balaban J connectivity index is 1.45. The Labute approximate surface area is 218 Å². The van der Waals surface area contributed by atoms with Gasteiger partial charge >= 0.3 is 0 Å². The molecule has 0 saturated heterocycles. The number of thiophene rings is 1. The number of aromatic amines is 1. The zero-order valence-electron chi connectivity index (χ0n) is 18.8. The van der Waals surface area contributed by atoms with E-state index in [0.29, 0.717) is 40.1 Å². The molecule has 7 heteroatoms. The standard InChI is InChI=1S/C27H25Cl3N2OS/c1-16-2-5-25-19(10-16)13-21(34-25)15-32(9-7-17-3-4-23(29)24(30)11-17)27(33)22-14-20(28)12-18-6-8-31-26(18)22/h3-4,6,8,11-14,16,31H,2,5,7,9-10,15H2,1H3. The van der Waals surface area contributed by atoms with Crippen molar-refractivity contribution in [2.75, 3.05) is 6.54 Å².